The van der Waals surface area contributed by atoms with Gasteiger partial charge in [-0.25, -0.2) is 28.4 Å². The van der Waals surface area contributed by atoms with E-state index in [-0.39, 0.29) is 11.4 Å². The molecule has 0 bridgehead atoms. The number of anilines is 5. The lowest BCUT2D eigenvalue weighted by molar-refractivity contribution is 0.600. The first kappa shape index (κ1) is 17.9. The molecule has 0 spiro atoms. The highest BCUT2D eigenvalue weighted by molar-refractivity contribution is 7.92. The third-order valence-corrected chi connectivity index (χ3v) is 5.39. The maximum atomic E-state index is 12.4. The number of H-pyrrole nitrogens is 1. The van der Waals surface area contributed by atoms with E-state index in [0.717, 1.165) is 11.9 Å². The molecule has 11 heteroatoms. The standard InChI is InChI=1S/C21H24N8O2S/c1-12-10-18(23-13(2)22-12)27-19-11-16(20-21(28-19)25-14(3)24-20)26-15-8-6-7-9-17(15)29(4)32(5,30)31/h6-11H,1-5H3,(H3,22,23,24,25,26,27,28)/i4D3. The second-order valence-corrected chi connectivity index (χ2v) is 9.14. The minimum absolute atomic E-state index is 0.0206. The summed E-state index contributed by atoms with van der Waals surface area (Å²) < 4.78 is 48.6. The number of sulfonamides is 1. The Hall–Kier alpha value is -3.73. The number of benzene rings is 1. The summed E-state index contributed by atoms with van der Waals surface area (Å²) in [5.41, 5.74) is 2.52. The molecule has 3 aromatic heterocycles. The number of aryl methyl sites for hydroxylation is 3. The zero-order valence-electron chi connectivity index (χ0n) is 20.9. The molecule has 0 unspecified atom stereocenters. The number of nitrogens with zero attached hydrogens (tertiary/aromatic N) is 5. The van der Waals surface area contributed by atoms with Crippen LogP contribution in [0.1, 0.15) is 21.5 Å². The first-order valence-electron chi connectivity index (χ1n) is 11.1. The minimum atomic E-state index is -4.11. The van der Waals surface area contributed by atoms with Crippen LogP contribution in [0.5, 0.6) is 0 Å². The smallest absolute Gasteiger partial charge is 0.232 e. The van der Waals surface area contributed by atoms with E-state index in [0.29, 0.717) is 44.4 Å². The van der Waals surface area contributed by atoms with Crippen molar-refractivity contribution in [2.75, 3.05) is 28.2 Å². The molecule has 0 saturated heterocycles. The van der Waals surface area contributed by atoms with Gasteiger partial charge in [0.05, 0.1) is 23.3 Å². The van der Waals surface area contributed by atoms with E-state index >= 15 is 0 Å². The number of hydrogen-bond donors (Lipinski definition) is 3. The number of para-hydroxylation sites is 2. The fourth-order valence-electron chi connectivity index (χ4n) is 3.26. The van der Waals surface area contributed by atoms with Crippen molar-refractivity contribution in [3.05, 3.63) is 53.7 Å². The molecule has 4 rings (SSSR count). The highest BCUT2D eigenvalue weighted by Gasteiger charge is 2.17. The Morgan fingerprint density at radius 2 is 1.72 bits per heavy atom. The fraction of sp³-hybridized carbons (Fsp3) is 0.238. The molecule has 3 heterocycles. The first-order valence-corrected chi connectivity index (χ1v) is 11.5. The second-order valence-electron chi connectivity index (χ2n) is 7.31. The van der Waals surface area contributed by atoms with Gasteiger partial charge >= 0.3 is 0 Å². The highest BCUT2D eigenvalue weighted by atomic mass is 32.2. The van der Waals surface area contributed by atoms with Gasteiger partial charge in [-0.05, 0) is 32.9 Å². The summed E-state index contributed by atoms with van der Waals surface area (Å²) in [6, 6.07) is 9.74. The van der Waals surface area contributed by atoms with Crippen LogP contribution in [0.25, 0.3) is 11.2 Å². The molecule has 3 N–H and O–H groups in total. The molecule has 0 fully saturated rings. The van der Waals surface area contributed by atoms with Crippen LogP contribution in [-0.4, -0.2) is 46.6 Å². The van der Waals surface area contributed by atoms with Crippen LogP contribution in [0.2, 0.25) is 0 Å². The zero-order valence-corrected chi connectivity index (χ0v) is 18.7. The number of nitrogens with one attached hydrogen (secondary N) is 3. The largest absolute Gasteiger partial charge is 0.352 e. The molecule has 32 heavy (non-hydrogen) atoms. The quantitative estimate of drug-likeness (QED) is 0.402. The SMILES string of the molecule is [2H]C([2H])([2H])N(c1ccccc1Nc1cc(Nc2cc(C)nc(C)n2)nc2nc(C)[nH]c12)S(C)(=O)=O. The summed E-state index contributed by atoms with van der Waals surface area (Å²) >= 11 is 0. The molecule has 1 aromatic carbocycles. The van der Waals surface area contributed by atoms with Gasteiger partial charge in [-0.1, -0.05) is 12.1 Å². The molecule has 0 amide bonds. The van der Waals surface area contributed by atoms with Gasteiger partial charge in [-0.2, -0.15) is 0 Å². The van der Waals surface area contributed by atoms with E-state index in [1.165, 1.54) is 6.07 Å². The number of aromatic nitrogens is 5. The normalized spacial score (nSPS) is 13.3. The number of rotatable bonds is 6. The number of aromatic amines is 1. The van der Waals surface area contributed by atoms with Gasteiger partial charge < -0.3 is 15.6 Å². The average Bonchev–Trinajstić information content (AvgIpc) is 3.07. The Kier molecular flexibility index (Phi) is 4.52. The van der Waals surface area contributed by atoms with E-state index in [1.54, 1.807) is 44.2 Å². The van der Waals surface area contributed by atoms with E-state index in [9.17, 15) is 8.42 Å². The molecule has 0 saturated carbocycles. The molecule has 10 nitrogen and oxygen atoms in total. The monoisotopic (exact) mass is 455 g/mol. The van der Waals surface area contributed by atoms with Crippen LogP contribution in [-0.2, 0) is 10.0 Å². The van der Waals surface area contributed by atoms with E-state index < -0.39 is 17.0 Å². The van der Waals surface area contributed by atoms with Crippen molar-refractivity contribution < 1.29 is 12.5 Å². The van der Waals surface area contributed by atoms with Crippen LogP contribution in [0.3, 0.4) is 0 Å². The molecular weight excluding hydrogens is 428 g/mol. The Bertz CT molecular complexity index is 1500. The van der Waals surface area contributed by atoms with E-state index in [2.05, 4.69) is 35.6 Å². The summed E-state index contributed by atoms with van der Waals surface area (Å²) in [6.45, 7) is 2.51. The summed E-state index contributed by atoms with van der Waals surface area (Å²) in [7, 11) is -4.11. The Morgan fingerprint density at radius 3 is 2.44 bits per heavy atom. The van der Waals surface area contributed by atoms with Crippen LogP contribution in [0, 0.1) is 20.8 Å². The van der Waals surface area contributed by atoms with Crippen molar-refractivity contribution in [3.63, 3.8) is 0 Å². The average molecular weight is 456 g/mol. The highest BCUT2D eigenvalue weighted by Crippen LogP contribution is 2.33. The van der Waals surface area contributed by atoms with Crippen molar-refractivity contribution in [3.8, 4) is 0 Å². The first-order chi connectivity index (χ1) is 16.3. The predicted octanol–water partition coefficient (Wildman–Crippen LogP) is 3.56. The van der Waals surface area contributed by atoms with Gasteiger partial charge in [0.1, 0.15) is 28.8 Å². The van der Waals surface area contributed by atoms with Crippen molar-refractivity contribution in [1.82, 2.24) is 24.9 Å². The third-order valence-electron chi connectivity index (χ3n) is 4.53. The number of imidazole rings is 1. The summed E-state index contributed by atoms with van der Waals surface area (Å²) in [4.78, 5) is 20.7. The topological polar surface area (TPSA) is 129 Å². The van der Waals surface area contributed by atoms with Crippen molar-refractivity contribution in [1.29, 1.82) is 0 Å². The van der Waals surface area contributed by atoms with Crippen molar-refractivity contribution in [2.24, 2.45) is 0 Å². The molecular formula is C21H24N8O2S. The third kappa shape index (κ3) is 4.47. The van der Waals surface area contributed by atoms with Gasteiger partial charge in [-0.3, -0.25) is 4.31 Å². The molecule has 166 valence electrons. The number of pyridine rings is 1. The predicted molar refractivity (Wildman–Crippen MR) is 126 cm³/mol. The van der Waals surface area contributed by atoms with Gasteiger partial charge in [0, 0.05) is 28.9 Å². The molecule has 4 aromatic rings. The van der Waals surface area contributed by atoms with E-state index in [4.69, 9.17) is 4.11 Å². The summed E-state index contributed by atoms with van der Waals surface area (Å²) in [6.07, 6.45) is 0.854. The van der Waals surface area contributed by atoms with Crippen LogP contribution in [0.4, 0.5) is 28.7 Å². The zero-order chi connectivity index (χ0) is 25.5. The van der Waals surface area contributed by atoms with Crippen LogP contribution >= 0.6 is 0 Å². The van der Waals surface area contributed by atoms with Gasteiger partial charge in [0.2, 0.25) is 10.0 Å². The summed E-state index contributed by atoms with van der Waals surface area (Å²) in [5, 5.41) is 6.31. The van der Waals surface area contributed by atoms with Crippen molar-refractivity contribution >= 4 is 49.9 Å². The number of hydrogen-bond acceptors (Lipinski definition) is 8. The fourth-order valence-corrected chi connectivity index (χ4v) is 3.77. The lowest BCUT2D eigenvalue weighted by Crippen LogP contribution is -2.25. The van der Waals surface area contributed by atoms with E-state index in [1.807, 2.05) is 6.92 Å². The molecule has 0 aliphatic carbocycles. The summed E-state index contributed by atoms with van der Waals surface area (Å²) in [5.74, 6) is 2.19. The van der Waals surface area contributed by atoms with Gasteiger partial charge in [0.15, 0.2) is 5.65 Å². The molecule has 0 aliphatic heterocycles. The lowest BCUT2D eigenvalue weighted by Gasteiger charge is -2.21. The van der Waals surface area contributed by atoms with Crippen molar-refractivity contribution in [2.45, 2.75) is 20.8 Å². The van der Waals surface area contributed by atoms with Gasteiger partial charge in [0.25, 0.3) is 0 Å². The Morgan fingerprint density at radius 1 is 0.969 bits per heavy atom. The lowest BCUT2D eigenvalue weighted by atomic mass is 10.2. The Balaban J connectivity index is 1.82. The molecule has 0 atom stereocenters. The molecule has 0 radical (unpaired) electrons. The van der Waals surface area contributed by atoms with Gasteiger partial charge in [-0.15, -0.1) is 0 Å². The second kappa shape index (κ2) is 8.08. The molecule has 0 aliphatic rings. The van der Waals surface area contributed by atoms with Crippen LogP contribution in [0.15, 0.2) is 36.4 Å². The maximum Gasteiger partial charge on any atom is 0.232 e. The minimum Gasteiger partial charge on any atom is -0.352 e. The Labute approximate surface area is 190 Å². The maximum absolute atomic E-state index is 12.4. The number of fused-ring (bicyclic) bond motifs is 1. The van der Waals surface area contributed by atoms with Crippen LogP contribution < -0.4 is 14.9 Å².